The molecule has 19 heavy (non-hydrogen) atoms. The Morgan fingerprint density at radius 3 is 2.95 bits per heavy atom. The third kappa shape index (κ3) is 3.48. The second kappa shape index (κ2) is 5.90. The van der Waals surface area contributed by atoms with Gasteiger partial charge in [0.1, 0.15) is 0 Å². The summed E-state index contributed by atoms with van der Waals surface area (Å²) < 4.78 is 1.86. The first kappa shape index (κ1) is 12.9. The molecular weight excluding hydrogens is 242 g/mol. The average molecular weight is 259 g/mol. The first-order valence-corrected chi connectivity index (χ1v) is 6.07. The summed E-state index contributed by atoms with van der Waals surface area (Å²) in [5, 5.41) is 7.30. The third-order valence-corrected chi connectivity index (χ3v) is 2.75. The van der Waals surface area contributed by atoms with E-state index in [2.05, 4.69) is 10.4 Å². The number of aromatic nitrogens is 2. The van der Waals surface area contributed by atoms with Gasteiger partial charge in [0.25, 0.3) is 5.91 Å². The molecule has 100 valence electrons. The van der Waals surface area contributed by atoms with Crippen LogP contribution in [0.5, 0.6) is 0 Å². The van der Waals surface area contributed by atoms with Crippen molar-refractivity contribution >= 4 is 17.3 Å². The van der Waals surface area contributed by atoms with Gasteiger partial charge in [-0.2, -0.15) is 5.10 Å². The fraction of sp³-hybridized carbons (Fsp3) is 0.231. The third-order valence-electron chi connectivity index (χ3n) is 2.75. The number of benzene rings is 1. The zero-order valence-electron chi connectivity index (χ0n) is 10.5. The Morgan fingerprint density at radius 1 is 1.42 bits per heavy atom. The van der Waals surface area contributed by atoms with E-state index in [1.54, 1.807) is 24.4 Å². The van der Waals surface area contributed by atoms with Crippen LogP contribution in [0.25, 0.3) is 0 Å². The fourth-order valence-corrected chi connectivity index (χ4v) is 1.82. The molecular formula is C13H17N5O. The summed E-state index contributed by atoms with van der Waals surface area (Å²) in [5.74, 6) is -0.484. The number of nitrogens with two attached hydrogens (primary N) is 2. The van der Waals surface area contributed by atoms with Crippen molar-refractivity contribution in [3.8, 4) is 0 Å². The molecule has 0 atom stereocenters. The molecule has 1 aromatic heterocycles. The molecule has 0 bridgehead atoms. The van der Waals surface area contributed by atoms with Crippen LogP contribution < -0.4 is 16.8 Å². The molecule has 0 saturated heterocycles. The molecule has 1 amide bonds. The molecule has 2 rings (SSSR count). The van der Waals surface area contributed by atoms with Crippen molar-refractivity contribution in [2.24, 2.45) is 5.73 Å². The van der Waals surface area contributed by atoms with Crippen molar-refractivity contribution < 1.29 is 4.79 Å². The van der Waals surface area contributed by atoms with Crippen LogP contribution in [-0.2, 0) is 6.54 Å². The van der Waals surface area contributed by atoms with E-state index in [1.807, 2.05) is 16.9 Å². The number of carbonyl (C=O) groups excluding carboxylic acids is 1. The highest BCUT2D eigenvalue weighted by Gasteiger charge is 2.07. The summed E-state index contributed by atoms with van der Waals surface area (Å²) in [6, 6.07) is 6.97. The predicted molar refractivity (Wildman–Crippen MR) is 74.7 cm³/mol. The molecule has 6 heteroatoms. The Labute approximate surface area is 111 Å². The van der Waals surface area contributed by atoms with Gasteiger partial charge in [-0.15, -0.1) is 0 Å². The lowest BCUT2D eigenvalue weighted by Gasteiger charge is -2.10. The Bertz CT molecular complexity index is 550. The van der Waals surface area contributed by atoms with Gasteiger partial charge in [0, 0.05) is 36.9 Å². The topological polar surface area (TPSA) is 99.0 Å². The lowest BCUT2D eigenvalue weighted by Crippen LogP contribution is -2.16. The number of primary amides is 1. The van der Waals surface area contributed by atoms with Crippen molar-refractivity contribution in [3.05, 3.63) is 42.2 Å². The number of anilines is 2. The number of nitrogen functional groups attached to an aromatic ring is 1. The van der Waals surface area contributed by atoms with Crippen molar-refractivity contribution in [1.29, 1.82) is 0 Å². The number of nitrogens with one attached hydrogen (secondary N) is 1. The summed E-state index contributed by atoms with van der Waals surface area (Å²) in [4.78, 5) is 11.3. The average Bonchev–Trinajstić information content (AvgIpc) is 2.89. The minimum absolute atomic E-state index is 0.416. The highest BCUT2D eigenvalue weighted by atomic mass is 16.1. The first-order valence-electron chi connectivity index (χ1n) is 6.07. The van der Waals surface area contributed by atoms with E-state index in [-0.39, 0.29) is 0 Å². The predicted octanol–water partition coefficient (Wildman–Crippen LogP) is 1.07. The van der Waals surface area contributed by atoms with Crippen LogP contribution >= 0.6 is 0 Å². The number of amides is 1. The molecule has 0 aliphatic heterocycles. The minimum atomic E-state index is -0.484. The molecule has 6 nitrogen and oxygen atoms in total. The zero-order chi connectivity index (χ0) is 13.7. The highest BCUT2D eigenvalue weighted by Crippen LogP contribution is 2.18. The molecule has 2 aromatic rings. The summed E-state index contributed by atoms with van der Waals surface area (Å²) in [6.07, 6.45) is 4.56. The van der Waals surface area contributed by atoms with E-state index in [1.165, 1.54) is 0 Å². The minimum Gasteiger partial charge on any atom is -0.399 e. The summed E-state index contributed by atoms with van der Waals surface area (Å²) in [5.41, 5.74) is 12.6. The molecule has 0 saturated carbocycles. The van der Waals surface area contributed by atoms with Gasteiger partial charge in [-0.05, 0) is 30.7 Å². The number of rotatable bonds is 6. The van der Waals surface area contributed by atoms with Crippen LogP contribution in [0.3, 0.4) is 0 Å². The fourth-order valence-electron chi connectivity index (χ4n) is 1.82. The number of carbonyl (C=O) groups is 1. The number of hydrogen-bond donors (Lipinski definition) is 3. The Hall–Kier alpha value is -2.50. The van der Waals surface area contributed by atoms with E-state index in [0.29, 0.717) is 16.9 Å². The van der Waals surface area contributed by atoms with E-state index < -0.39 is 5.91 Å². The van der Waals surface area contributed by atoms with Gasteiger partial charge in [-0.25, -0.2) is 0 Å². The smallest absolute Gasteiger partial charge is 0.250 e. The molecule has 0 spiro atoms. The second-order valence-corrected chi connectivity index (χ2v) is 4.22. The van der Waals surface area contributed by atoms with E-state index in [9.17, 15) is 4.79 Å². The molecule has 0 unspecified atom stereocenters. The highest BCUT2D eigenvalue weighted by molar-refractivity contribution is 5.99. The molecule has 1 aromatic carbocycles. The first-order chi connectivity index (χ1) is 9.16. The SMILES string of the molecule is NC(=O)c1cc(N)ccc1NCCCn1cccn1. The Morgan fingerprint density at radius 2 is 2.26 bits per heavy atom. The van der Waals surface area contributed by atoms with Crippen LogP contribution in [-0.4, -0.2) is 22.2 Å². The number of nitrogens with zero attached hydrogens (tertiary/aromatic N) is 2. The van der Waals surface area contributed by atoms with Crippen LogP contribution in [0.4, 0.5) is 11.4 Å². The normalized spacial score (nSPS) is 10.3. The molecule has 5 N–H and O–H groups in total. The summed E-state index contributed by atoms with van der Waals surface area (Å²) in [6.45, 7) is 1.55. The zero-order valence-corrected chi connectivity index (χ0v) is 10.5. The molecule has 0 fully saturated rings. The monoisotopic (exact) mass is 259 g/mol. The van der Waals surface area contributed by atoms with Crippen LogP contribution in [0.1, 0.15) is 16.8 Å². The van der Waals surface area contributed by atoms with Crippen LogP contribution in [0.15, 0.2) is 36.7 Å². The van der Waals surface area contributed by atoms with Gasteiger partial charge < -0.3 is 16.8 Å². The maximum absolute atomic E-state index is 11.3. The quantitative estimate of drug-likeness (QED) is 0.533. The van der Waals surface area contributed by atoms with Gasteiger partial charge >= 0.3 is 0 Å². The van der Waals surface area contributed by atoms with Gasteiger partial charge in [-0.1, -0.05) is 0 Å². The van der Waals surface area contributed by atoms with Crippen molar-refractivity contribution in [2.75, 3.05) is 17.6 Å². The molecule has 1 heterocycles. The van der Waals surface area contributed by atoms with Crippen molar-refractivity contribution in [1.82, 2.24) is 9.78 Å². The Kier molecular flexibility index (Phi) is 4.02. The molecule has 0 aliphatic rings. The van der Waals surface area contributed by atoms with E-state index >= 15 is 0 Å². The van der Waals surface area contributed by atoms with E-state index in [0.717, 1.165) is 19.5 Å². The van der Waals surface area contributed by atoms with Gasteiger partial charge in [-0.3, -0.25) is 9.48 Å². The lowest BCUT2D eigenvalue weighted by atomic mass is 10.1. The van der Waals surface area contributed by atoms with Crippen molar-refractivity contribution in [3.63, 3.8) is 0 Å². The molecule has 0 aliphatic carbocycles. The standard InChI is InChI=1S/C13H17N5O/c14-10-3-4-12(11(9-10)13(15)19)16-5-1-7-18-8-2-6-17-18/h2-4,6,8-9,16H,1,5,7,14H2,(H2,15,19). The summed E-state index contributed by atoms with van der Waals surface area (Å²) in [7, 11) is 0. The van der Waals surface area contributed by atoms with Crippen LogP contribution in [0, 0.1) is 0 Å². The number of aryl methyl sites for hydroxylation is 1. The van der Waals surface area contributed by atoms with Gasteiger partial charge in [0.2, 0.25) is 0 Å². The van der Waals surface area contributed by atoms with E-state index in [4.69, 9.17) is 11.5 Å². The summed E-state index contributed by atoms with van der Waals surface area (Å²) >= 11 is 0. The maximum Gasteiger partial charge on any atom is 0.250 e. The second-order valence-electron chi connectivity index (χ2n) is 4.22. The Balaban J connectivity index is 1.90. The lowest BCUT2D eigenvalue weighted by molar-refractivity contribution is 0.100. The largest absolute Gasteiger partial charge is 0.399 e. The van der Waals surface area contributed by atoms with Crippen molar-refractivity contribution in [2.45, 2.75) is 13.0 Å². The van der Waals surface area contributed by atoms with Crippen LogP contribution in [0.2, 0.25) is 0 Å². The van der Waals surface area contributed by atoms with Gasteiger partial charge in [0.15, 0.2) is 0 Å². The maximum atomic E-state index is 11.3. The molecule has 0 radical (unpaired) electrons. The number of hydrogen-bond acceptors (Lipinski definition) is 4. The van der Waals surface area contributed by atoms with Gasteiger partial charge in [0.05, 0.1) is 5.56 Å².